The molecular formula is C9H18N2O3S2. The van der Waals surface area contributed by atoms with Crippen LogP contribution in [-0.2, 0) is 10.0 Å². The molecule has 0 saturated carbocycles. The van der Waals surface area contributed by atoms with Gasteiger partial charge >= 0.3 is 0 Å². The van der Waals surface area contributed by atoms with E-state index >= 15 is 0 Å². The number of nitrogens with zero attached hydrogens (tertiary/aromatic N) is 1. The maximum Gasteiger partial charge on any atom is 0.220 e. The van der Waals surface area contributed by atoms with Crippen LogP contribution in [0.4, 0.5) is 0 Å². The van der Waals surface area contributed by atoms with Crippen LogP contribution in [0.25, 0.3) is 0 Å². The van der Waals surface area contributed by atoms with Crippen molar-refractivity contribution < 1.29 is 13.5 Å². The summed E-state index contributed by atoms with van der Waals surface area (Å²) in [4.78, 5) is -0.0176. The fraction of sp³-hybridized carbons (Fsp3) is 0.889. The Labute approximate surface area is 102 Å². The standard InChI is InChI=1S/C9H18N2O3S2/c1-9(12)3-2-5-11(6-4-9)16(13,14)7-8(10)15/h12H,2-7H2,1H3,(H2,10,15). The topological polar surface area (TPSA) is 83.6 Å². The predicted octanol–water partition coefficient (Wildman–Crippen LogP) is -0.161. The molecule has 1 heterocycles. The van der Waals surface area contributed by atoms with Crippen molar-refractivity contribution in [3.05, 3.63) is 0 Å². The molecule has 5 nitrogen and oxygen atoms in total. The minimum atomic E-state index is -3.40. The van der Waals surface area contributed by atoms with Gasteiger partial charge in [0.25, 0.3) is 0 Å². The predicted molar refractivity (Wildman–Crippen MR) is 66.6 cm³/mol. The first-order chi connectivity index (χ1) is 7.23. The fourth-order valence-electron chi connectivity index (χ4n) is 1.79. The number of rotatable bonds is 3. The number of hydrogen-bond donors (Lipinski definition) is 2. The van der Waals surface area contributed by atoms with Crippen LogP contribution in [0, 0.1) is 0 Å². The number of thiocarbonyl (C=S) groups is 1. The van der Waals surface area contributed by atoms with Gasteiger partial charge in [-0.2, -0.15) is 0 Å². The molecular weight excluding hydrogens is 248 g/mol. The van der Waals surface area contributed by atoms with Crippen LogP contribution in [0.2, 0.25) is 0 Å². The average Bonchev–Trinajstić information content (AvgIpc) is 2.24. The molecule has 1 atom stereocenters. The highest BCUT2D eigenvalue weighted by Crippen LogP contribution is 2.22. The summed E-state index contributed by atoms with van der Waals surface area (Å²) in [6, 6.07) is 0. The van der Waals surface area contributed by atoms with E-state index in [4.69, 9.17) is 5.73 Å². The Hall–Kier alpha value is -0.240. The molecule has 0 aromatic carbocycles. The number of aliphatic hydroxyl groups is 1. The first kappa shape index (κ1) is 13.8. The summed E-state index contributed by atoms with van der Waals surface area (Å²) in [7, 11) is -3.40. The SMILES string of the molecule is CC1(O)CCCN(S(=O)(=O)CC(N)=S)CC1. The number of hydrogen-bond acceptors (Lipinski definition) is 4. The lowest BCUT2D eigenvalue weighted by Gasteiger charge is -2.22. The quantitative estimate of drug-likeness (QED) is 0.694. The molecule has 1 aliphatic heterocycles. The highest BCUT2D eigenvalue weighted by atomic mass is 32.2. The molecule has 1 rings (SSSR count). The van der Waals surface area contributed by atoms with Crippen LogP contribution in [0.1, 0.15) is 26.2 Å². The number of sulfonamides is 1. The second-order valence-corrected chi connectivity index (χ2v) is 6.97. The average molecular weight is 266 g/mol. The molecule has 1 fully saturated rings. The lowest BCUT2D eigenvalue weighted by molar-refractivity contribution is 0.0465. The summed E-state index contributed by atoms with van der Waals surface area (Å²) in [5.41, 5.74) is 4.48. The van der Waals surface area contributed by atoms with Gasteiger partial charge < -0.3 is 10.8 Å². The molecule has 1 aliphatic rings. The summed E-state index contributed by atoms with van der Waals surface area (Å²) >= 11 is 4.61. The number of nitrogens with two attached hydrogens (primary N) is 1. The van der Waals surface area contributed by atoms with E-state index in [1.165, 1.54) is 4.31 Å². The smallest absolute Gasteiger partial charge is 0.220 e. The van der Waals surface area contributed by atoms with Crippen LogP contribution < -0.4 is 5.73 Å². The molecule has 3 N–H and O–H groups in total. The van der Waals surface area contributed by atoms with Crippen molar-refractivity contribution >= 4 is 27.2 Å². The lowest BCUT2D eigenvalue weighted by atomic mass is 9.98. The second kappa shape index (κ2) is 4.95. The zero-order valence-corrected chi connectivity index (χ0v) is 11.0. The van der Waals surface area contributed by atoms with Gasteiger partial charge in [0.15, 0.2) is 0 Å². The summed E-state index contributed by atoms with van der Waals surface area (Å²) < 4.78 is 25.0. The molecule has 0 amide bonds. The second-order valence-electron chi connectivity index (χ2n) is 4.47. The Kier molecular flexibility index (Phi) is 4.28. The van der Waals surface area contributed by atoms with Crippen LogP contribution in [0.3, 0.4) is 0 Å². The van der Waals surface area contributed by atoms with E-state index in [9.17, 15) is 13.5 Å². The van der Waals surface area contributed by atoms with Gasteiger partial charge in [0, 0.05) is 13.1 Å². The molecule has 1 unspecified atom stereocenters. The van der Waals surface area contributed by atoms with Crippen molar-refractivity contribution in [1.29, 1.82) is 0 Å². The molecule has 0 aliphatic carbocycles. The molecule has 0 aromatic rings. The van der Waals surface area contributed by atoms with E-state index in [-0.39, 0.29) is 10.7 Å². The van der Waals surface area contributed by atoms with Gasteiger partial charge in [0.2, 0.25) is 10.0 Å². The third kappa shape index (κ3) is 3.97. The Morgan fingerprint density at radius 3 is 2.69 bits per heavy atom. The van der Waals surface area contributed by atoms with Gasteiger partial charge in [0.05, 0.1) is 10.6 Å². The van der Waals surface area contributed by atoms with Gasteiger partial charge in [0.1, 0.15) is 5.75 Å². The van der Waals surface area contributed by atoms with Crippen molar-refractivity contribution in [3.8, 4) is 0 Å². The zero-order valence-electron chi connectivity index (χ0n) is 9.35. The molecule has 0 radical (unpaired) electrons. The Bertz CT molecular complexity index is 365. The van der Waals surface area contributed by atoms with Gasteiger partial charge in [-0.1, -0.05) is 12.2 Å². The molecule has 7 heteroatoms. The van der Waals surface area contributed by atoms with E-state index in [0.29, 0.717) is 32.4 Å². The van der Waals surface area contributed by atoms with Gasteiger partial charge in [-0.15, -0.1) is 0 Å². The minimum Gasteiger partial charge on any atom is -0.392 e. The third-order valence-electron chi connectivity index (χ3n) is 2.74. The van der Waals surface area contributed by atoms with Crippen molar-refractivity contribution in [2.24, 2.45) is 5.73 Å². The van der Waals surface area contributed by atoms with Crippen molar-refractivity contribution in [2.75, 3.05) is 18.8 Å². The first-order valence-corrected chi connectivity index (χ1v) is 7.23. The third-order valence-corrected chi connectivity index (χ3v) is 4.90. The molecule has 16 heavy (non-hydrogen) atoms. The summed E-state index contributed by atoms with van der Waals surface area (Å²) in [5, 5.41) is 9.85. The normalized spacial score (nSPS) is 28.6. The van der Waals surface area contributed by atoms with Crippen LogP contribution in [0.15, 0.2) is 0 Å². The molecule has 0 bridgehead atoms. The van der Waals surface area contributed by atoms with Crippen molar-refractivity contribution in [1.82, 2.24) is 4.31 Å². The fourth-order valence-corrected chi connectivity index (χ4v) is 3.55. The Balaban J connectivity index is 2.71. The maximum absolute atomic E-state index is 11.8. The van der Waals surface area contributed by atoms with Crippen molar-refractivity contribution in [3.63, 3.8) is 0 Å². The first-order valence-electron chi connectivity index (χ1n) is 5.21. The maximum atomic E-state index is 11.8. The van der Waals surface area contributed by atoms with E-state index in [2.05, 4.69) is 12.2 Å². The zero-order chi connectivity index (χ0) is 12.4. The van der Waals surface area contributed by atoms with Gasteiger partial charge in [-0.3, -0.25) is 0 Å². The summed E-state index contributed by atoms with van der Waals surface area (Å²) in [5.74, 6) is -0.287. The van der Waals surface area contributed by atoms with Gasteiger partial charge in [-0.05, 0) is 26.2 Å². The van der Waals surface area contributed by atoms with Gasteiger partial charge in [-0.25, -0.2) is 12.7 Å². The molecule has 1 saturated heterocycles. The van der Waals surface area contributed by atoms with Crippen LogP contribution in [-0.4, -0.2) is 47.3 Å². The largest absolute Gasteiger partial charge is 0.392 e. The van der Waals surface area contributed by atoms with Crippen molar-refractivity contribution in [2.45, 2.75) is 31.8 Å². The van der Waals surface area contributed by atoms with E-state index in [1.54, 1.807) is 6.92 Å². The summed E-state index contributed by atoms with van der Waals surface area (Å²) in [6.07, 6.45) is 1.72. The molecule has 0 aromatic heterocycles. The minimum absolute atomic E-state index is 0.0176. The lowest BCUT2D eigenvalue weighted by Crippen LogP contribution is -2.38. The van der Waals surface area contributed by atoms with E-state index < -0.39 is 15.6 Å². The van der Waals surface area contributed by atoms with Crippen LogP contribution in [0.5, 0.6) is 0 Å². The van der Waals surface area contributed by atoms with E-state index in [1.807, 2.05) is 0 Å². The summed E-state index contributed by atoms with van der Waals surface area (Å²) in [6.45, 7) is 2.50. The monoisotopic (exact) mass is 266 g/mol. The van der Waals surface area contributed by atoms with Crippen LogP contribution >= 0.6 is 12.2 Å². The Morgan fingerprint density at radius 1 is 1.50 bits per heavy atom. The molecule has 0 spiro atoms. The Morgan fingerprint density at radius 2 is 2.12 bits per heavy atom. The molecule has 94 valence electrons. The van der Waals surface area contributed by atoms with E-state index in [0.717, 1.165) is 0 Å². The highest BCUT2D eigenvalue weighted by molar-refractivity contribution is 7.92. The highest BCUT2D eigenvalue weighted by Gasteiger charge is 2.30.